The summed E-state index contributed by atoms with van der Waals surface area (Å²) in [6, 6.07) is 31.4. The van der Waals surface area contributed by atoms with E-state index in [1.165, 1.54) is 11.1 Å². The highest BCUT2D eigenvalue weighted by Crippen LogP contribution is 2.54. The Labute approximate surface area is 214 Å². The van der Waals surface area contributed by atoms with Crippen LogP contribution < -0.4 is 5.32 Å². The standard InChI is InChI=1S/C32H36N2O2/c35-31(32(36,26-18-10-11-19-26)25-16-8-3-9-17-25)33-20-27-28-21-34(22-29(27)28)30(23-12-4-1-5-13-23)24-14-6-2-7-15-24/h1-9,12-17,26-30,36H,10-11,18-22H2,(H,33,35)/t27-,28-,29?,32-/m1/s1. The molecular weight excluding hydrogens is 444 g/mol. The van der Waals surface area contributed by atoms with Crippen molar-refractivity contribution in [1.29, 1.82) is 0 Å². The largest absolute Gasteiger partial charge is 0.375 e. The predicted molar refractivity (Wildman–Crippen MR) is 142 cm³/mol. The molecule has 186 valence electrons. The maximum atomic E-state index is 13.5. The molecule has 3 aliphatic rings. The highest BCUT2D eigenvalue weighted by Gasteiger charge is 2.57. The normalized spacial score (nSPS) is 25.4. The molecule has 2 saturated carbocycles. The van der Waals surface area contributed by atoms with Crippen molar-refractivity contribution in [2.24, 2.45) is 23.7 Å². The van der Waals surface area contributed by atoms with E-state index in [0.717, 1.165) is 44.3 Å². The molecule has 4 nitrogen and oxygen atoms in total. The van der Waals surface area contributed by atoms with Crippen LogP contribution in [0.15, 0.2) is 91.0 Å². The zero-order chi connectivity index (χ0) is 24.5. The minimum absolute atomic E-state index is 0.00778. The van der Waals surface area contributed by atoms with E-state index < -0.39 is 5.60 Å². The van der Waals surface area contributed by atoms with Gasteiger partial charge in [0.05, 0.1) is 6.04 Å². The first-order valence-electron chi connectivity index (χ1n) is 13.6. The van der Waals surface area contributed by atoms with Gasteiger partial charge in [0.15, 0.2) is 5.60 Å². The van der Waals surface area contributed by atoms with Crippen LogP contribution in [0.2, 0.25) is 0 Å². The SMILES string of the molecule is O=C(NC[C@H]1C2CN(C(c3ccccc3)c3ccccc3)C[C@@H]21)[C@@](O)(c1ccccc1)C1CCCC1. The van der Waals surface area contributed by atoms with E-state index in [1.54, 1.807) is 0 Å². The van der Waals surface area contributed by atoms with Crippen molar-refractivity contribution in [3.63, 3.8) is 0 Å². The van der Waals surface area contributed by atoms with Gasteiger partial charge in [-0.3, -0.25) is 9.69 Å². The Hall–Kier alpha value is -2.95. The molecule has 0 aromatic heterocycles. The second-order valence-corrected chi connectivity index (χ2v) is 11.0. The lowest BCUT2D eigenvalue weighted by Crippen LogP contribution is -2.49. The lowest BCUT2D eigenvalue weighted by Gasteiger charge is -2.33. The maximum Gasteiger partial charge on any atom is 0.256 e. The Balaban J connectivity index is 1.12. The van der Waals surface area contributed by atoms with Gasteiger partial charge in [-0.1, -0.05) is 104 Å². The van der Waals surface area contributed by atoms with Crippen molar-refractivity contribution in [1.82, 2.24) is 10.2 Å². The summed E-state index contributed by atoms with van der Waals surface area (Å²) in [6.45, 7) is 2.75. The van der Waals surface area contributed by atoms with Crippen molar-refractivity contribution in [2.75, 3.05) is 19.6 Å². The van der Waals surface area contributed by atoms with Gasteiger partial charge in [-0.05, 0) is 47.3 Å². The van der Waals surface area contributed by atoms with Crippen molar-refractivity contribution < 1.29 is 9.90 Å². The molecule has 1 unspecified atom stereocenters. The number of nitrogens with zero attached hydrogens (tertiary/aromatic N) is 1. The molecule has 3 fully saturated rings. The predicted octanol–water partition coefficient (Wildman–Crippen LogP) is 5.15. The summed E-state index contributed by atoms with van der Waals surface area (Å²) < 4.78 is 0. The van der Waals surface area contributed by atoms with Gasteiger partial charge in [0.2, 0.25) is 0 Å². The third-order valence-electron chi connectivity index (χ3n) is 9.00. The Bertz CT molecular complexity index is 1110. The molecule has 1 heterocycles. The Morgan fingerprint density at radius 2 is 1.33 bits per heavy atom. The quantitative estimate of drug-likeness (QED) is 0.469. The van der Waals surface area contributed by atoms with E-state index in [2.05, 4.69) is 70.9 Å². The maximum absolute atomic E-state index is 13.5. The van der Waals surface area contributed by atoms with Crippen LogP contribution in [0.25, 0.3) is 0 Å². The number of likely N-dealkylation sites (tertiary alicyclic amines) is 1. The van der Waals surface area contributed by atoms with Crippen LogP contribution in [0.3, 0.4) is 0 Å². The summed E-state index contributed by atoms with van der Waals surface area (Å²) in [5.41, 5.74) is 1.96. The fraction of sp³-hybridized carbons (Fsp3) is 0.406. The number of fused-ring (bicyclic) bond motifs is 1. The molecule has 0 radical (unpaired) electrons. The van der Waals surface area contributed by atoms with E-state index in [4.69, 9.17) is 0 Å². The average molecular weight is 481 g/mol. The number of rotatable bonds is 8. The van der Waals surface area contributed by atoms with Crippen LogP contribution in [-0.4, -0.2) is 35.5 Å². The molecular formula is C32H36N2O2. The molecule has 2 N–H and O–H groups in total. The van der Waals surface area contributed by atoms with Gasteiger partial charge in [-0.25, -0.2) is 0 Å². The van der Waals surface area contributed by atoms with Gasteiger partial charge < -0.3 is 10.4 Å². The third-order valence-corrected chi connectivity index (χ3v) is 9.00. The topological polar surface area (TPSA) is 52.6 Å². The molecule has 1 amide bonds. The van der Waals surface area contributed by atoms with E-state index in [9.17, 15) is 9.90 Å². The van der Waals surface area contributed by atoms with E-state index in [-0.39, 0.29) is 17.9 Å². The Morgan fingerprint density at radius 1 is 0.833 bits per heavy atom. The van der Waals surface area contributed by atoms with Crippen LogP contribution in [0.5, 0.6) is 0 Å². The first kappa shape index (κ1) is 23.4. The first-order chi connectivity index (χ1) is 17.7. The summed E-state index contributed by atoms with van der Waals surface area (Å²) in [6.07, 6.45) is 3.98. The molecule has 6 rings (SSSR count). The van der Waals surface area contributed by atoms with Crippen molar-refractivity contribution in [3.05, 3.63) is 108 Å². The zero-order valence-electron chi connectivity index (χ0n) is 20.8. The monoisotopic (exact) mass is 480 g/mol. The fourth-order valence-electron chi connectivity index (χ4n) is 7.01. The summed E-state index contributed by atoms with van der Waals surface area (Å²) in [5.74, 6) is 1.49. The van der Waals surface area contributed by atoms with E-state index in [1.807, 2.05) is 30.3 Å². The van der Waals surface area contributed by atoms with Crippen LogP contribution >= 0.6 is 0 Å². The van der Waals surface area contributed by atoms with Gasteiger partial charge in [-0.15, -0.1) is 0 Å². The lowest BCUT2D eigenvalue weighted by atomic mass is 9.79. The minimum atomic E-state index is -1.43. The Kier molecular flexibility index (Phi) is 6.41. The molecule has 1 aliphatic heterocycles. The highest BCUT2D eigenvalue weighted by atomic mass is 16.3. The number of aliphatic hydroxyl groups is 1. The zero-order valence-corrected chi connectivity index (χ0v) is 20.8. The third kappa shape index (κ3) is 4.27. The molecule has 0 spiro atoms. The highest BCUT2D eigenvalue weighted by molar-refractivity contribution is 5.86. The van der Waals surface area contributed by atoms with Crippen LogP contribution in [-0.2, 0) is 10.4 Å². The summed E-state index contributed by atoms with van der Waals surface area (Å²) in [5, 5.41) is 14.9. The van der Waals surface area contributed by atoms with Gasteiger partial charge in [-0.2, -0.15) is 0 Å². The lowest BCUT2D eigenvalue weighted by molar-refractivity contribution is -0.147. The minimum Gasteiger partial charge on any atom is -0.375 e. The summed E-state index contributed by atoms with van der Waals surface area (Å²) in [4.78, 5) is 16.1. The summed E-state index contributed by atoms with van der Waals surface area (Å²) >= 11 is 0. The van der Waals surface area contributed by atoms with Gasteiger partial charge >= 0.3 is 0 Å². The van der Waals surface area contributed by atoms with E-state index in [0.29, 0.717) is 24.3 Å². The average Bonchev–Trinajstić information content (AvgIpc) is 3.31. The molecule has 3 aromatic carbocycles. The smallest absolute Gasteiger partial charge is 0.256 e. The number of hydrogen-bond acceptors (Lipinski definition) is 3. The molecule has 4 atom stereocenters. The molecule has 4 heteroatoms. The van der Waals surface area contributed by atoms with Crippen LogP contribution in [0.4, 0.5) is 0 Å². The Morgan fingerprint density at radius 3 is 1.86 bits per heavy atom. The van der Waals surface area contributed by atoms with Gasteiger partial charge in [0.1, 0.15) is 0 Å². The number of carbonyl (C=O) groups excluding carboxylic acids is 1. The van der Waals surface area contributed by atoms with Gasteiger partial charge in [0, 0.05) is 25.6 Å². The fourth-order valence-corrected chi connectivity index (χ4v) is 7.01. The van der Waals surface area contributed by atoms with Crippen molar-refractivity contribution >= 4 is 5.91 Å². The van der Waals surface area contributed by atoms with Crippen molar-refractivity contribution in [3.8, 4) is 0 Å². The molecule has 2 aliphatic carbocycles. The number of nitrogens with one attached hydrogen (secondary N) is 1. The number of amides is 1. The molecule has 3 aromatic rings. The molecule has 1 saturated heterocycles. The molecule has 36 heavy (non-hydrogen) atoms. The summed E-state index contributed by atoms with van der Waals surface area (Å²) in [7, 11) is 0. The first-order valence-corrected chi connectivity index (χ1v) is 13.6. The van der Waals surface area contributed by atoms with Crippen LogP contribution in [0.1, 0.15) is 48.4 Å². The van der Waals surface area contributed by atoms with Crippen molar-refractivity contribution in [2.45, 2.75) is 37.3 Å². The number of benzene rings is 3. The second-order valence-electron chi connectivity index (χ2n) is 11.0. The number of piperidine rings is 1. The molecule has 0 bridgehead atoms. The number of carbonyl (C=O) groups is 1. The number of hydrogen-bond donors (Lipinski definition) is 2. The van der Waals surface area contributed by atoms with Gasteiger partial charge in [0.25, 0.3) is 5.91 Å². The van der Waals surface area contributed by atoms with Crippen LogP contribution in [0, 0.1) is 23.7 Å². The second kappa shape index (κ2) is 9.84. The van der Waals surface area contributed by atoms with E-state index >= 15 is 0 Å².